The van der Waals surface area contributed by atoms with Gasteiger partial charge in [-0.2, -0.15) is 0 Å². The zero-order valence-electron chi connectivity index (χ0n) is 12.8. The van der Waals surface area contributed by atoms with Gasteiger partial charge in [-0.05, 0) is 0 Å². The molecule has 0 aliphatic carbocycles. The Kier molecular flexibility index (Phi) is 282. The van der Waals surface area contributed by atoms with Crippen molar-refractivity contribution in [3.63, 3.8) is 0 Å². The molecule has 0 aromatic rings. The van der Waals surface area contributed by atoms with Crippen LogP contribution < -0.4 is 225 Å². The summed E-state index contributed by atoms with van der Waals surface area (Å²) in [5.41, 5.74) is 0. The number of hydrogen-bond acceptors (Lipinski definition) is 7. The van der Waals surface area contributed by atoms with E-state index in [1.165, 1.54) is 0 Å². The smallest absolute Gasteiger partial charge is 0.790 e. The molecule has 0 rings (SSSR count). The summed E-state index contributed by atoms with van der Waals surface area (Å²) in [7, 11) is -11.4. The Hall–Kier alpha value is 6.41. The second-order valence-electron chi connectivity index (χ2n) is 0.976. The van der Waals surface area contributed by atoms with Crippen molar-refractivity contribution in [1.82, 2.24) is 0 Å². The van der Waals surface area contributed by atoms with Gasteiger partial charge in [-0.3, -0.25) is 0 Å². The molecule has 23 heteroatoms. The Bertz CT molecular complexity index is 165. The minimum atomic E-state index is -5.68. The van der Waals surface area contributed by atoms with Gasteiger partial charge in [0.2, 0.25) is 0 Å². The van der Waals surface area contributed by atoms with Gasteiger partial charge < -0.3 is 87.8 Å². The summed E-state index contributed by atoms with van der Waals surface area (Å²) in [6.45, 7) is 0. The van der Waals surface area contributed by atoms with Crippen LogP contribution in [-0.2, 0) is 13.4 Å². The first-order valence-electron chi connectivity index (χ1n) is 1.46. The van der Waals surface area contributed by atoms with Crippen molar-refractivity contribution < 1.29 is 293 Å². The molecule has 0 aliphatic rings. The largest absolute Gasteiger partial charge is 1.00 e. The summed E-state index contributed by atoms with van der Waals surface area (Å²) < 4.78 is 21.2. The SMILES string of the molecule is O.O.O.O.O.O.O.O.O.O.O=P([O-])([O-])OP(=O)([O-])[O-].[K+].[K+].[K+].[K+]. The van der Waals surface area contributed by atoms with E-state index >= 15 is 0 Å². The third-order valence-electron chi connectivity index (χ3n) is 0.200. The standard InChI is InChI=1S/4K.H4O7P2.10H2O/c;;;;1-8(2,3)7-9(4,5)6;;;;;;;;;;/h;;;;(H2,1,2,3)(H2,4,5,6);10*1H2/q4*+1;;;;;;;;;;;/p-4. The molecule has 0 saturated heterocycles. The van der Waals surface area contributed by atoms with Gasteiger partial charge in [0.25, 0.3) is 0 Å². The molecule has 0 aromatic heterocycles. The van der Waals surface area contributed by atoms with E-state index in [0.29, 0.717) is 0 Å². The Labute approximate surface area is 300 Å². The molecule has 136 valence electrons. The molecule has 0 fully saturated rings. The van der Waals surface area contributed by atoms with E-state index in [1.54, 1.807) is 0 Å². The Morgan fingerprint density at radius 3 is 0.522 bits per heavy atom. The van der Waals surface area contributed by atoms with E-state index in [4.69, 9.17) is 0 Å². The first-order valence-corrected chi connectivity index (χ1v) is 4.38. The predicted molar refractivity (Wildman–Crippen MR) is 52.4 cm³/mol. The topological polar surface area (TPSA) is 451 Å². The summed E-state index contributed by atoms with van der Waals surface area (Å²) in [6, 6.07) is 0. The molecule has 23 heavy (non-hydrogen) atoms. The first kappa shape index (κ1) is 114. The van der Waals surface area contributed by atoms with Crippen molar-refractivity contribution in [2.24, 2.45) is 0 Å². The van der Waals surface area contributed by atoms with E-state index in [-0.39, 0.29) is 260 Å². The second-order valence-corrected chi connectivity index (χ2v) is 3.42. The van der Waals surface area contributed by atoms with Crippen molar-refractivity contribution in [2.45, 2.75) is 0 Å². The van der Waals surface area contributed by atoms with E-state index < -0.39 is 15.6 Å². The third-order valence-corrected chi connectivity index (χ3v) is 1.80. The van der Waals surface area contributed by atoms with Crippen molar-refractivity contribution in [3.05, 3.63) is 0 Å². The average Bonchev–Trinajstić information content (AvgIpc) is 1.14. The van der Waals surface area contributed by atoms with Gasteiger partial charge in [0.1, 0.15) is 0 Å². The minimum Gasteiger partial charge on any atom is -0.790 e. The molecular formula is H20K4O17P2. The van der Waals surface area contributed by atoms with Crippen molar-refractivity contribution in [2.75, 3.05) is 0 Å². The second kappa shape index (κ2) is 56.7. The molecule has 0 radical (unpaired) electrons. The zero-order chi connectivity index (χ0) is 7.71. The van der Waals surface area contributed by atoms with Crippen LogP contribution in [0.25, 0.3) is 0 Å². The average molecular weight is 510 g/mol. The molecule has 0 bridgehead atoms. The van der Waals surface area contributed by atoms with Gasteiger partial charge in [-0.25, -0.2) is 0 Å². The molecular weight excluding hydrogens is 490 g/mol. The van der Waals surface area contributed by atoms with Crippen LogP contribution >= 0.6 is 15.6 Å². The summed E-state index contributed by atoms with van der Waals surface area (Å²) in [5, 5.41) is 0. The summed E-state index contributed by atoms with van der Waals surface area (Å²) >= 11 is 0. The molecule has 17 nitrogen and oxygen atoms in total. The first-order chi connectivity index (χ1) is 3.71. The fraction of sp³-hybridized carbons (Fsp3) is 0. The summed E-state index contributed by atoms with van der Waals surface area (Å²) in [6.07, 6.45) is 0. The fourth-order valence-corrected chi connectivity index (χ4v) is 1.10. The van der Waals surface area contributed by atoms with Gasteiger partial charge in [0.15, 0.2) is 0 Å². The van der Waals surface area contributed by atoms with Crippen LogP contribution in [0.3, 0.4) is 0 Å². The van der Waals surface area contributed by atoms with Crippen LogP contribution in [0.5, 0.6) is 0 Å². The maximum absolute atomic E-state index is 9.32. The monoisotopic (exact) mass is 510 g/mol. The van der Waals surface area contributed by atoms with Crippen LogP contribution in [0, 0.1) is 0 Å². The van der Waals surface area contributed by atoms with E-state index in [1.807, 2.05) is 0 Å². The molecule has 0 saturated carbocycles. The molecule has 0 spiro atoms. The molecule has 0 aliphatic heterocycles. The molecule has 0 aromatic carbocycles. The van der Waals surface area contributed by atoms with Gasteiger partial charge in [-0.15, -0.1) is 0 Å². The third kappa shape index (κ3) is 129. The molecule has 0 amide bonds. The van der Waals surface area contributed by atoms with Crippen molar-refractivity contribution >= 4 is 15.6 Å². The van der Waals surface area contributed by atoms with Gasteiger partial charge in [0, 0.05) is 0 Å². The minimum absolute atomic E-state index is 0. The number of rotatable bonds is 2. The van der Waals surface area contributed by atoms with Gasteiger partial charge in [-0.1, -0.05) is 0 Å². The zero-order valence-corrected chi connectivity index (χ0v) is 27.0. The molecule has 20 N–H and O–H groups in total. The Morgan fingerprint density at radius 1 is 0.435 bits per heavy atom. The van der Waals surface area contributed by atoms with Gasteiger partial charge in [0.05, 0.1) is 15.6 Å². The van der Waals surface area contributed by atoms with Crippen LogP contribution in [0.1, 0.15) is 0 Å². The Morgan fingerprint density at radius 2 is 0.522 bits per heavy atom. The van der Waals surface area contributed by atoms with Crippen LogP contribution in [0.15, 0.2) is 0 Å². The normalized spacial score (nSPS) is 5.39. The number of hydrogen-bond donors (Lipinski definition) is 0. The molecule has 0 atom stereocenters. The predicted octanol–water partition coefficient (Wildman–Crippen LogP) is -23.6. The summed E-state index contributed by atoms with van der Waals surface area (Å²) in [5.74, 6) is 0. The van der Waals surface area contributed by atoms with Crippen molar-refractivity contribution in [3.8, 4) is 0 Å². The molecule has 0 unspecified atom stereocenters. The number of phosphoric acid groups is 2. The van der Waals surface area contributed by atoms with E-state index in [9.17, 15) is 28.7 Å². The van der Waals surface area contributed by atoms with E-state index in [0.717, 1.165) is 0 Å². The fourth-order valence-electron chi connectivity index (χ4n) is 0.122. The molecule has 0 heterocycles. The van der Waals surface area contributed by atoms with Crippen LogP contribution in [0.2, 0.25) is 0 Å². The van der Waals surface area contributed by atoms with Crippen molar-refractivity contribution in [1.29, 1.82) is 0 Å². The maximum Gasteiger partial charge on any atom is 1.00 e. The van der Waals surface area contributed by atoms with Crippen LogP contribution in [0.4, 0.5) is 0 Å². The maximum atomic E-state index is 9.32. The Balaban J connectivity index is -0.00000000352. The summed E-state index contributed by atoms with van der Waals surface area (Å²) in [4.78, 5) is 37.3. The van der Waals surface area contributed by atoms with Gasteiger partial charge >= 0.3 is 206 Å². The van der Waals surface area contributed by atoms with Crippen LogP contribution in [-0.4, -0.2) is 54.8 Å². The van der Waals surface area contributed by atoms with E-state index in [2.05, 4.69) is 4.31 Å². The quantitative estimate of drug-likeness (QED) is 0.254.